The molecule has 0 aliphatic heterocycles. The minimum absolute atomic E-state index is 0.0264. The lowest BCUT2D eigenvalue weighted by atomic mass is 10.2. The van der Waals surface area contributed by atoms with Crippen LogP contribution in [-0.2, 0) is 6.54 Å². The van der Waals surface area contributed by atoms with Gasteiger partial charge < -0.3 is 10.1 Å². The van der Waals surface area contributed by atoms with E-state index >= 15 is 0 Å². The van der Waals surface area contributed by atoms with Gasteiger partial charge in [0.15, 0.2) is 0 Å². The van der Waals surface area contributed by atoms with E-state index in [9.17, 15) is 8.78 Å². The summed E-state index contributed by atoms with van der Waals surface area (Å²) in [4.78, 5) is 1.20. The number of thioether (sulfide) groups is 1. The van der Waals surface area contributed by atoms with E-state index in [4.69, 9.17) is 11.6 Å². The van der Waals surface area contributed by atoms with Gasteiger partial charge >= 0.3 is 6.61 Å². The van der Waals surface area contributed by atoms with E-state index in [1.54, 1.807) is 23.9 Å². The summed E-state index contributed by atoms with van der Waals surface area (Å²) in [6, 6.07) is 12.8. The van der Waals surface area contributed by atoms with Crippen LogP contribution in [0, 0.1) is 0 Å². The van der Waals surface area contributed by atoms with E-state index in [2.05, 4.69) is 10.1 Å². The summed E-state index contributed by atoms with van der Waals surface area (Å²) >= 11 is 7.58. The first kappa shape index (κ1) is 15.9. The molecule has 0 saturated heterocycles. The van der Waals surface area contributed by atoms with Gasteiger partial charge in [0.1, 0.15) is 5.75 Å². The average molecular weight is 330 g/mol. The zero-order valence-corrected chi connectivity index (χ0v) is 12.8. The molecule has 0 aliphatic rings. The van der Waals surface area contributed by atoms with Gasteiger partial charge in [-0.15, -0.1) is 11.8 Å². The largest absolute Gasteiger partial charge is 0.433 e. The fraction of sp³-hybridized carbons (Fsp3) is 0.200. The lowest BCUT2D eigenvalue weighted by molar-refractivity contribution is -0.0497. The maximum absolute atomic E-state index is 12.1. The third-order valence-electron chi connectivity index (χ3n) is 2.80. The molecule has 21 heavy (non-hydrogen) atoms. The molecule has 0 radical (unpaired) electrons. The third kappa shape index (κ3) is 4.79. The van der Waals surface area contributed by atoms with Crippen LogP contribution in [0.2, 0.25) is 5.02 Å². The van der Waals surface area contributed by atoms with Gasteiger partial charge in [-0.2, -0.15) is 8.78 Å². The summed E-state index contributed by atoms with van der Waals surface area (Å²) in [5.41, 5.74) is 1.87. The van der Waals surface area contributed by atoms with Crippen LogP contribution in [0.5, 0.6) is 5.75 Å². The van der Waals surface area contributed by atoms with Crippen LogP contribution in [0.4, 0.5) is 14.5 Å². The first-order valence-electron chi connectivity index (χ1n) is 6.19. The maximum atomic E-state index is 12.1. The van der Waals surface area contributed by atoms with Crippen LogP contribution in [0.1, 0.15) is 5.56 Å². The predicted octanol–water partition coefficient (Wildman–Crippen LogP) is 5.28. The molecule has 0 bridgehead atoms. The molecule has 0 unspecified atom stereocenters. The number of nitrogens with one attached hydrogen (secondary N) is 1. The van der Waals surface area contributed by atoms with Crippen LogP contribution < -0.4 is 10.1 Å². The molecule has 0 aliphatic carbocycles. The smallest absolute Gasteiger partial charge is 0.387 e. The molecular weight excluding hydrogens is 316 g/mol. The molecule has 0 saturated carbocycles. The molecule has 0 amide bonds. The van der Waals surface area contributed by atoms with Gasteiger partial charge in [-0.3, -0.25) is 0 Å². The molecule has 0 aromatic heterocycles. The normalized spacial score (nSPS) is 10.7. The van der Waals surface area contributed by atoms with Crippen LogP contribution in [-0.4, -0.2) is 12.9 Å². The molecule has 1 N–H and O–H groups in total. The second-order valence-corrected chi connectivity index (χ2v) is 5.51. The number of hydrogen-bond donors (Lipinski definition) is 1. The van der Waals surface area contributed by atoms with E-state index in [0.717, 1.165) is 11.3 Å². The number of benzene rings is 2. The number of alkyl halides is 2. The number of rotatable bonds is 6. The molecule has 112 valence electrons. The fourth-order valence-corrected chi connectivity index (χ4v) is 2.38. The highest BCUT2D eigenvalue weighted by Gasteiger charge is 2.08. The van der Waals surface area contributed by atoms with Gasteiger partial charge in [0.2, 0.25) is 0 Å². The monoisotopic (exact) mass is 329 g/mol. The Morgan fingerprint density at radius 1 is 1.19 bits per heavy atom. The highest BCUT2D eigenvalue weighted by atomic mass is 35.5. The first-order chi connectivity index (χ1) is 10.1. The molecule has 2 aromatic carbocycles. The van der Waals surface area contributed by atoms with E-state index in [0.29, 0.717) is 6.54 Å². The van der Waals surface area contributed by atoms with Crippen molar-refractivity contribution in [2.75, 3.05) is 11.6 Å². The van der Waals surface area contributed by atoms with Crippen molar-refractivity contribution in [3.8, 4) is 5.75 Å². The Labute approximate surface area is 131 Å². The fourth-order valence-electron chi connectivity index (χ4n) is 1.75. The molecule has 6 heteroatoms. The molecule has 0 heterocycles. The van der Waals surface area contributed by atoms with E-state index in [-0.39, 0.29) is 10.8 Å². The number of anilines is 1. The summed E-state index contributed by atoms with van der Waals surface area (Å²) in [7, 11) is 0. The van der Waals surface area contributed by atoms with E-state index in [1.807, 2.05) is 30.5 Å². The Morgan fingerprint density at radius 2 is 1.90 bits per heavy atom. The third-order valence-corrected chi connectivity index (χ3v) is 3.84. The van der Waals surface area contributed by atoms with Crippen LogP contribution >= 0.6 is 23.4 Å². The molecule has 0 atom stereocenters. The molecule has 2 aromatic rings. The standard InChI is InChI=1S/C15H14ClF2NOS/c1-21-12-5-2-10(3-6-12)9-19-11-4-7-14(13(16)8-11)20-15(17)18/h2-8,15,19H,9H2,1H3. The van der Waals surface area contributed by atoms with Crippen molar-refractivity contribution in [2.24, 2.45) is 0 Å². The minimum Gasteiger partial charge on any atom is -0.433 e. The van der Waals surface area contributed by atoms with Crippen molar-refractivity contribution in [2.45, 2.75) is 18.1 Å². The molecule has 2 rings (SSSR count). The van der Waals surface area contributed by atoms with Gasteiger partial charge in [0.25, 0.3) is 0 Å². The zero-order chi connectivity index (χ0) is 15.2. The lowest BCUT2D eigenvalue weighted by Gasteiger charge is -2.10. The molecule has 0 spiro atoms. The van der Waals surface area contributed by atoms with Crippen molar-refractivity contribution >= 4 is 29.1 Å². The maximum Gasteiger partial charge on any atom is 0.387 e. The van der Waals surface area contributed by atoms with E-state index in [1.165, 1.54) is 11.0 Å². The van der Waals surface area contributed by atoms with E-state index < -0.39 is 6.61 Å². The Bertz CT molecular complexity index is 593. The highest BCUT2D eigenvalue weighted by Crippen LogP contribution is 2.29. The first-order valence-corrected chi connectivity index (χ1v) is 7.80. The Hall–Kier alpha value is -1.46. The number of halogens is 3. The van der Waals surface area contributed by atoms with Crippen LogP contribution in [0.15, 0.2) is 47.4 Å². The molecule has 2 nitrogen and oxygen atoms in total. The summed E-state index contributed by atoms with van der Waals surface area (Å²) in [5, 5.41) is 3.34. The van der Waals surface area contributed by atoms with Crippen molar-refractivity contribution in [3.63, 3.8) is 0 Å². The van der Waals surface area contributed by atoms with Crippen molar-refractivity contribution < 1.29 is 13.5 Å². The Balaban J connectivity index is 1.98. The summed E-state index contributed by atoms with van der Waals surface area (Å²) in [6.07, 6.45) is 2.03. The van der Waals surface area contributed by atoms with Crippen LogP contribution in [0.3, 0.4) is 0 Å². The summed E-state index contributed by atoms with van der Waals surface area (Å²) < 4.78 is 28.6. The van der Waals surface area contributed by atoms with Crippen molar-refractivity contribution in [1.29, 1.82) is 0 Å². The Kier molecular flexibility index (Phi) is 5.70. The zero-order valence-electron chi connectivity index (χ0n) is 11.3. The van der Waals surface area contributed by atoms with Crippen LogP contribution in [0.25, 0.3) is 0 Å². The summed E-state index contributed by atoms with van der Waals surface area (Å²) in [5.74, 6) is -0.0264. The Morgan fingerprint density at radius 3 is 2.48 bits per heavy atom. The van der Waals surface area contributed by atoms with Gasteiger partial charge in [-0.1, -0.05) is 23.7 Å². The number of ether oxygens (including phenoxy) is 1. The van der Waals surface area contributed by atoms with Gasteiger partial charge in [-0.25, -0.2) is 0 Å². The minimum atomic E-state index is -2.88. The lowest BCUT2D eigenvalue weighted by Crippen LogP contribution is -2.03. The quantitative estimate of drug-likeness (QED) is 0.729. The SMILES string of the molecule is CSc1ccc(CNc2ccc(OC(F)F)c(Cl)c2)cc1. The highest BCUT2D eigenvalue weighted by molar-refractivity contribution is 7.98. The summed E-state index contributed by atoms with van der Waals surface area (Å²) in [6.45, 7) is -2.25. The average Bonchev–Trinajstić information content (AvgIpc) is 2.48. The molecular formula is C15H14ClF2NOS. The van der Waals surface area contributed by atoms with Gasteiger partial charge in [0, 0.05) is 17.1 Å². The topological polar surface area (TPSA) is 21.3 Å². The second kappa shape index (κ2) is 7.52. The van der Waals surface area contributed by atoms with Gasteiger partial charge in [-0.05, 0) is 42.2 Å². The molecule has 0 fully saturated rings. The second-order valence-electron chi connectivity index (χ2n) is 4.23. The predicted molar refractivity (Wildman–Crippen MR) is 83.6 cm³/mol. The number of hydrogen-bond acceptors (Lipinski definition) is 3. The van der Waals surface area contributed by atoms with Crippen molar-refractivity contribution in [1.82, 2.24) is 0 Å². The van der Waals surface area contributed by atoms with Crippen molar-refractivity contribution in [3.05, 3.63) is 53.1 Å². The van der Waals surface area contributed by atoms with Gasteiger partial charge in [0.05, 0.1) is 5.02 Å².